The Morgan fingerprint density at radius 3 is 3.14 bits per heavy atom. The summed E-state index contributed by atoms with van der Waals surface area (Å²) < 4.78 is 5.15. The normalized spacial score (nSPS) is 10.4. The van der Waals surface area contributed by atoms with Gasteiger partial charge in [-0.05, 0) is 12.1 Å². The Balaban J connectivity index is 2.31. The monoisotopic (exact) mass is 227 g/mol. The van der Waals surface area contributed by atoms with Crippen LogP contribution in [0.5, 0.6) is 0 Å². The molecule has 0 fully saturated rings. The molecule has 2 rings (SSSR count). The fraction of sp³-hybridized carbons (Fsp3) is 0.111. The molecule has 0 aliphatic heterocycles. The minimum atomic E-state index is -0.166. The summed E-state index contributed by atoms with van der Waals surface area (Å²) in [5.74, 6) is 0.464. The predicted octanol–water partition coefficient (Wildman–Crippen LogP) is 2.82. The average Bonchev–Trinajstić information content (AvgIpc) is 2.86. The molecule has 0 saturated carbocycles. The van der Waals surface area contributed by atoms with Crippen LogP contribution in [0, 0.1) is 0 Å². The van der Waals surface area contributed by atoms with Gasteiger partial charge in [0.1, 0.15) is 5.69 Å². The maximum absolute atomic E-state index is 11.2. The molecule has 2 heterocycles. The van der Waals surface area contributed by atoms with E-state index >= 15 is 0 Å². The highest BCUT2D eigenvalue weighted by molar-refractivity contribution is 7.13. The molecule has 0 radical (unpaired) electrons. The van der Waals surface area contributed by atoms with Crippen LogP contribution in [-0.2, 0) is 0 Å². The summed E-state index contributed by atoms with van der Waals surface area (Å²) in [5, 5.41) is 2.38. The number of aromatic nitrogens is 1. The van der Waals surface area contributed by atoms with Crippen molar-refractivity contribution < 1.29 is 9.21 Å². The van der Waals surface area contributed by atoms with E-state index in [9.17, 15) is 4.79 Å². The van der Waals surface area contributed by atoms with E-state index in [1.54, 1.807) is 23.8 Å². The fourth-order valence-electron chi connectivity index (χ4n) is 0.984. The maximum Gasteiger partial charge on any atom is 0.196 e. The van der Waals surface area contributed by atoms with E-state index in [0.717, 1.165) is 0 Å². The van der Waals surface area contributed by atoms with Crippen molar-refractivity contribution in [2.45, 2.75) is 0 Å². The highest BCUT2D eigenvalue weighted by Crippen LogP contribution is 2.24. The number of carbonyl (C=O) groups is 1. The molecule has 0 unspecified atom stereocenters. The van der Waals surface area contributed by atoms with Gasteiger partial charge in [0.25, 0.3) is 0 Å². The van der Waals surface area contributed by atoms with Crippen LogP contribution in [-0.4, -0.2) is 16.6 Å². The first-order chi connectivity index (χ1) is 6.81. The fourth-order valence-corrected chi connectivity index (χ4v) is 1.91. The van der Waals surface area contributed by atoms with Crippen molar-refractivity contribution in [3.63, 3.8) is 0 Å². The molecule has 0 bridgehead atoms. The molecular formula is C9H6ClNO2S. The summed E-state index contributed by atoms with van der Waals surface area (Å²) in [6.45, 7) is 0. The summed E-state index contributed by atoms with van der Waals surface area (Å²) in [5.41, 5.74) is 0.399. The highest BCUT2D eigenvalue weighted by atomic mass is 35.5. The van der Waals surface area contributed by atoms with E-state index in [1.807, 2.05) is 0 Å². The average molecular weight is 228 g/mol. The second-order valence-corrected chi connectivity index (χ2v) is 3.70. The number of halogens is 1. The van der Waals surface area contributed by atoms with Gasteiger partial charge in [0, 0.05) is 5.38 Å². The van der Waals surface area contributed by atoms with Gasteiger partial charge in [0.15, 0.2) is 16.6 Å². The lowest BCUT2D eigenvalue weighted by Crippen LogP contribution is -1.99. The Kier molecular flexibility index (Phi) is 2.65. The van der Waals surface area contributed by atoms with Gasteiger partial charge in [-0.25, -0.2) is 4.98 Å². The first-order valence-corrected chi connectivity index (χ1v) is 5.31. The lowest BCUT2D eigenvalue weighted by Gasteiger charge is -1.88. The zero-order chi connectivity index (χ0) is 9.97. The Morgan fingerprint density at radius 1 is 1.64 bits per heavy atom. The van der Waals surface area contributed by atoms with Crippen molar-refractivity contribution in [2.75, 3.05) is 5.88 Å². The molecule has 3 nitrogen and oxygen atoms in total. The Hall–Kier alpha value is -1.13. The Morgan fingerprint density at radius 2 is 2.50 bits per heavy atom. The number of furan rings is 1. The number of ketones is 1. The molecular weight excluding hydrogens is 222 g/mol. The van der Waals surface area contributed by atoms with Crippen molar-refractivity contribution in [3.8, 4) is 10.8 Å². The number of rotatable bonds is 3. The van der Waals surface area contributed by atoms with E-state index in [0.29, 0.717) is 16.5 Å². The molecule has 0 aromatic carbocycles. The number of hydrogen-bond donors (Lipinski definition) is 0. The molecule has 2 aromatic heterocycles. The molecule has 72 valence electrons. The topological polar surface area (TPSA) is 43.1 Å². The van der Waals surface area contributed by atoms with Gasteiger partial charge in [0.2, 0.25) is 0 Å². The predicted molar refractivity (Wildman–Crippen MR) is 54.9 cm³/mol. The minimum absolute atomic E-state index is 0.0403. The van der Waals surface area contributed by atoms with Crippen LogP contribution in [0.4, 0.5) is 0 Å². The summed E-state index contributed by atoms with van der Waals surface area (Å²) in [7, 11) is 0. The van der Waals surface area contributed by atoms with Crippen molar-refractivity contribution >= 4 is 28.7 Å². The number of Topliss-reactive ketones (excluding diaryl/α,β-unsaturated/α-hetero) is 1. The second-order valence-electron chi connectivity index (χ2n) is 2.57. The van der Waals surface area contributed by atoms with Gasteiger partial charge in [-0.15, -0.1) is 22.9 Å². The van der Waals surface area contributed by atoms with Crippen LogP contribution in [0.15, 0.2) is 28.2 Å². The largest absolute Gasteiger partial charge is 0.462 e. The van der Waals surface area contributed by atoms with Gasteiger partial charge < -0.3 is 4.42 Å². The number of nitrogens with zero attached hydrogens (tertiary/aromatic N) is 1. The first kappa shape index (κ1) is 9.43. The van der Waals surface area contributed by atoms with Crippen LogP contribution in [0.3, 0.4) is 0 Å². The molecule has 2 aromatic rings. The third kappa shape index (κ3) is 1.71. The van der Waals surface area contributed by atoms with Crippen LogP contribution in [0.2, 0.25) is 0 Å². The smallest absolute Gasteiger partial charge is 0.196 e. The quantitative estimate of drug-likeness (QED) is 0.598. The molecule has 0 aliphatic carbocycles. The summed E-state index contributed by atoms with van der Waals surface area (Å²) in [6.07, 6.45) is 1.57. The lowest BCUT2D eigenvalue weighted by molar-refractivity contribution is 0.101. The van der Waals surface area contributed by atoms with Gasteiger partial charge in [-0.2, -0.15) is 0 Å². The van der Waals surface area contributed by atoms with E-state index < -0.39 is 0 Å². The highest BCUT2D eigenvalue weighted by Gasteiger charge is 2.11. The van der Waals surface area contributed by atoms with E-state index in [2.05, 4.69) is 4.98 Å². The third-order valence-electron chi connectivity index (χ3n) is 1.64. The van der Waals surface area contributed by atoms with E-state index in [1.165, 1.54) is 11.3 Å². The first-order valence-electron chi connectivity index (χ1n) is 3.90. The van der Waals surface area contributed by atoms with Crippen LogP contribution in [0.1, 0.15) is 10.5 Å². The van der Waals surface area contributed by atoms with Crippen LogP contribution < -0.4 is 0 Å². The molecule has 0 N–H and O–H groups in total. The Labute approximate surface area is 89.3 Å². The Bertz CT molecular complexity index is 435. The number of alkyl halides is 1. The second kappa shape index (κ2) is 3.94. The van der Waals surface area contributed by atoms with Gasteiger partial charge in [-0.3, -0.25) is 4.79 Å². The zero-order valence-corrected chi connectivity index (χ0v) is 8.64. The van der Waals surface area contributed by atoms with Crippen molar-refractivity contribution in [1.29, 1.82) is 0 Å². The minimum Gasteiger partial charge on any atom is -0.462 e. The lowest BCUT2D eigenvalue weighted by atomic mass is 10.3. The van der Waals surface area contributed by atoms with Gasteiger partial charge in [0.05, 0.1) is 12.1 Å². The third-order valence-corrected chi connectivity index (χ3v) is 2.74. The molecule has 0 saturated heterocycles. The molecule has 14 heavy (non-hydrogen) atoms. The van der Waals surface area contributed by atoms with Crippen molar-refractivity contribution in [3.05, 3.63) is 29.5 Å². The molecule has 5 heteroatoms. The number of hydrogen-bond acceptors (Lipinski definition) is 4. The van der Waals surface area contributed by atoms with Gasteiger partial charge in [-0.1, -0.05) is 0 Å². The van der Waals surface area contributed by atoms with Gasteiger partial charge >= 0.3 is 0 Å². The standard InChI is InChI=1S/C9H6ClNO2S/c10-4-7(12)6-5-14-9(11-6)8-2-1-3-13-8/h1-3,5H,4H2. The summed E-state index contributed by atoms with van der Waals surface area (Å²) >= 11 is 6.78. The summed E-state index contributed by atoms with van der Waals surface area (Å²) in [4.78, 5) is 15.3. The van der Waals surface area contributed by atoms with Crippen molar-refractivity contribution in [1.82, 2.24) is 4.98 Å². The van der Waals surface area contributed by atoms with Crippen molar-refractivity contribution in [2.24, 2.45) is 0 Å². The van der Waals surface area contributed by atoms with Crippen LogP contribution in [0.25, 0.3) is 10.8 Å². The SMILES string of the molecule is O=C(CCl)c1csc(-c2ccco2)n1. The number of carbonyl (C=O) groups excluding carboxylic acids is 1. The maximum atomic E-state index is 11.2. The zero-order valence-electron chi connectivity index (χ0n) is 7.07. The molecule has 0 aliphatic rings. The van der Waals surface area contributed by atoms with E-state index in [4.69, 9.17) is 16.0 Å². The molecule has 0 atom stereocenters. The molecule has 0 amide bonds. The summed E-state index contributed by atoms with van der Waals surface area (Å²) in [6, 6.07) is 3.58. The number of thiazole rings is 1. The van der Waals surface area contributed by atoms with Crippen LogP contribution >= 0.6 is 22.9 Å². The molecule has 0 spiro atoms. The van der Waals surface area contributed by atoms with E-state index in [-0.39, 0.29) is 11.7 Å².